The van der Waals surface area contributed by atoms with Crippen LogP contribution in [0, 0.1) is 5.82 Å². The molecular formula is C21H21FN2O4S. The highest BCUT2D eigenvalue weighted by Crippen LogP contribution is 2.33. The average Bonchev–Trinajstić information content (AvgIpc) is 2.92. The third-order valence-electron chi connectivity index (χ3n) is 5.65. The van der Waals surface area contributed by atoms with Crippen molar-refractivity contribution in [3.8, 4) is 0 Å². The Hall–Kier alpha value is -2.74. The quantitative estimate of drug-likeness (QED) is 0.600. The summed E-state index contributed by atoms with van der Waals surface area (Å²) >= 11 is 0. The van der Waals surface area contributed by atoms with Gasteiger partial charge in [-0.1, -0.05) is 24.3 Å². The highest BCUT2D eigenvalue weighted by molar-refractivity contribution is 7.91. The van der Waals surface area contributed by atoms with Gasteiger partial charge < -0.3 is 5.32 Å². The number of hydrogen-bond donors (Lipinski definition) is 1. The zero-order chi connectivity index (χ0) is 20.6. The third-order valence-corrected chi connectivity index (χ3v) is 7.46. The SMILES string of the molecule is O=C1NC2(CCc3ccccc3C2)C(=O)N1CCCS(=O)(=O)c1ccc(F)cc1. The van der Waals surface area contributed by atoms with Crippen molar-refractivity contribution in [2.24, 2.45) is 0 Å². The van der Waals surface area contributed by atoms with Gasteiger partial charge in [-0.15, -0.1) is 0 Å². The number of urea groups is 1. The first-order valence-corrected chi connectivity index (χ1v) is 11.2. The number of sulfone groups is 1. The van der Waals surface area contributed by atoms with E-state index in [-0.39, 0.29) is 29.5 Å². The second-order valence-electron chi connectivity index (χ2n) is 7.54. The summed E-state index contributed by atoms with van der Waals surface area (Å²) in [7, 11) is -3.61. The number of nitrogens with zero attached hydrogens (tertiary/aromatic N) is 1. The van der Waals surface area contributed by atoms with Gasteiger partial charge in [0.25, 0.3) is 5.91 Å². The Balaban J connectivity index is 1.42. The van der Waals surface area contributed by atoms with Crippen LogP contribution in [0.5, 0.6) is 0 Å². The number of carbonyl (C=O) groups is 2. The van der Waals surface area contributed by atoms with Gasteiger partial charge in [-0.3, -0.25) is 9.69 Å². The van der Waals surface area contributed by atoms with E-state index in [0.29, 0.717) is 19.3 Å². The van der Waals surface area contributed by atoms with Gasteiger partial charge in [0.2, 0.25) is 0 Å². The number of carbonyl (C=O) groups excluding carboxylic acids is 2. The Bertz CT molecular complexity index is 1070. The number of fused-ring (bicyclic) bond motifs is 1. The molecule has 0 aromatic heterocycles. The van der Waals surface area contributed by atoms with Crippen molar-refractivity contribution in [2.75, 3.05) is 12.3 Å². The smallest absolute Gasteiger partial charge is 0.323 e. The van der Waals surface area contributed by atoms with Gasteiger partial charge in [-0.05, 0) is 54.7 Å². The maximum absolute atomic E-state index is 13.0. The predicted molar refractivity (Wildman–Crippen MR) is 105 cm³/mol. The van der Waals surface area contributed by atoms with E-state index in [9.17, 15) is 22.4 Å². The van der Waals surface area contributed by atoms with Gasteiger partial charge >= 0.3 is 6.03 Å². The highest BCUT2D eigenvalue weighted by atomic mass is 32.2. The van der Waals surface area contributed by atoms with E-state index in [1.54, 1.807) is 0 Å². The molecular weight excluding hydrogens is 395 g/mol. The molecule has 1 heterocycles. The fourth-order valence-electron chi connectivity index (χ4n) is 4.08. The number of aryl methyl sites for hydroxylation is 1. The van der Waals surface area contributed by atoms with Crippen LogP contribution in [0.4, 0.5) is 9.18 Å². The van der Waals surface area contributed by atoms with E-state index in [4.69, 9.17) is 0 Å². The summed E-state index contributed by atoms with van der Waals surface area (Å²) in [5.74, 6) is -1.04. The largest absolute Gasteiger partial charge is 0.325 e. The van der Waals surface area contributed by atoms with Crippen LogP contribution in [0.1, 0.15) is 24.0 Å². The van der Waals surface area contributed by atoms with Gasteiger partial charge in [0.15, 0.2) is 9.84 Å². The number of amides is 3. The first-order chi connectivity index (χ1) is 13.8. The fourth-order valence-corrected chi connectivity index (χ4v) is 5.37. The summed E-state index contributed by atoms with van der Waals surface area (Å²) in [4.78, 5) is 26.6. The molecule has 1 unspecified atom stereocenters. The third kappa shape index (κ3) is 3.64. The van der Waals surface area contributed by atoms with E-state index < -0.39 is 27.2 Å². The van der Waals surface area contributed by atoms with Crippen LogP contribution in [0.15, 0.2) is 53.4 Å². The minimum Gasteiger partial charge on any atom is -0.323 e. The van der Waals surface area contributed by atoms with Gasteiger partial charge in [0, 0.05) is 13.0 Å². The molecule has 0 saturated carbocycles. The van der Waals surface area contributed by atoms with Crippen LogP contribution < -0.4 is 5.32 Å². The number of rotatable bonds is 5. The molecule has 3 amide bonds. The molecule has 1 atom stereocenters. The normalized spacial score (nSPS) is 21.3. The monoisotopic (exact) mass is 416 g/mol. The molecule has 1 aliphatic carbocycles. The summed E-state index contributed by atoms with van der Waals surface area (Å²) in [6.07, 6.45) is 1.79. The number of hydrogen-bond acceptors (Lipinski definition) is 4. The van der Waals surface area contributed by atoms with E-state index in [2.05, 4.69) is 5.32 Å². The molecule has 29 heavy (non-hydrogen) atoms. The second kappa shape index (κ2) is 7.26. The Morgan fingerprint density at radius 2 is 1.72 bits per heavy atom. The van der Waals surface area contributed by atoms with E-state index in [1.165, 1.54) is 17.7 Å². The van der Waals surface area contributed by atoms with Crippen molar-refractivity contribution in [2.45, 2.75) is 36.1 Å². The molecule has 1 fully saturated rings. The maximum atomic E-state index is 13.0. The average molecular weight is 416 g/mol. The van der Waals surface area contributed by atoms with Crippen molar-refractivity contribution < 1.29 is 22.4 Å². The Labute approximate surface area is 168 Å². The van der Waals surface area contributed by atoms with E-state index >= 15 is 0 Å². The molecule has 1 N–H and O–H groups in total. The second-order valence-corrected chi connectivity index (χ2v) is 9.65. The van der Waals surface area contributed by atoms with Crippen LogP contribution >= 0.6 is 0 Å². The van der Waals surface area contributed by atoms with Crippen LogP contribution in [-0.2, 0) is 27.5 Å². The molecule has 6 nitrogen and oxygen atoms in total. The molecule has 152 valence electrons. The van der Waals surface area contributed by atoms with Crippen molar-refractivity contribution in [3.63, 3.8) is 0 Å². The molecule has 1 aliphatic heterocycles. The molecule has 2 aromatic carbocycles. The highest BCUT2D eigenvalue weighted by Gasteiger charge is 2.52. The van der Waals surface area contributed by atoms with Crippen molar-refractivity contribution >= 4 is 21.8 Å². The molecule has 8 heteroatoms. The first-order valence-electron chi connectivity index (χ1n) is 9.50. The molecule has 2 aliphatic rings. The van der Waals surface area contributed by atoms with Crippen LogP contribution in [0.2, 0.25) is 0 Å². The molecule has 0 radical (unpaired) electrons. The van der Waals surface area contributed by atoms with Gasteiger partial charge in [0.05, 0.1) is 10.6 Å². The van der Waals surface area contributed by atoms with E-state index in [0.717, 1.165) is 22.6 Å². The van der Waals surface area contributed by atoms with Crippen LogP contribution in [0.3, 0.4) is 0 Å². The predicted octanol–water partition coefficient (Wildman–Crippen LogP) is 2.47. The number of imide groups is 1. The summed E-state index contributed by atoms with van der Waals surface area (Å²) in [5, 5.41) is 2.84. The lowest BCUT2D eigenvalue weighted by atomic mass is 9.78. The van der Waals surface area contributed by atoms with E-state index in [1.807, 2.05) is 24.3 Å². The Morgan fingerprint density at radius 3 is 2.45 bits per heavy atom. The fraction of sp³-hybridized carbons (Fsp3) is 0.333. The molecule has 1 spiro atoms. The Morgan fingerprint density at radius 1 is 1.03 bits per heavy atom. The lowest BCUT2D eigenvalue weighted by Gasteiger charge is -2.32. The van der Waals surface area contributed by atoms with Gasteiger partial charge in [0.1, 0.15) is 11.4 Å². The maximum Gasteiger partial charge on any atom is 0.325 e. The molecule has 0 bridgehead atoms. The lowest BCUT2D eigenvalue weighted by Crippen LogP contribution is -2.51. The minimum absolute atomic E-state index is 0.0223. The molecule has 1 saturated heterocycles. The van der Waals surface area contributed by atoms with Crippen molar-refractivity contribution in [1.82, 2.24) is 10.2 Å². The topological polar surface area (TPSA) is 83.6 Å². The van der Waals surface area contributed by atoms with Crippen molar-refractivity contribution in [1.29, 1.82) is 0 Å². The van der Waals surface area contributed by atoms with Gasteiger partial charge in [-0.2, -0.15) is 0 Å². The summed E-state index contributed by atoms with van der Waals surface area (Å²) in [6.45, 7) is 0.0223. The van der Waals surface area contributed by atoms with Crippen LogP contribution in [0.25, 0.3) is 0 Å². The first kappa shape index (κ1) is 19.6. The summed E-state index contributed by atoms with van der Waals surface area (Å²) in [5.41, 5.74) is 1.29. The van der Waals surface area contributed by atoms with Gasteiger partial charge in [-0.25, -0.2) is 17.6 Å². The summed E-state index contributed by atoms with van der Waals surface area (Å²) in [6, 6.07) is 12.0. The molecule has 4 rings (SSSR count). The number of halogens is 1. The van der Waals surface area contributed by atoms with Crippen molar-refractivity contribution in [3.05, 3.63) is 65.5 Å². The van der Waals surface area contributed by atoms with Crippen LogP contribution in [-0.4, -0.2) is 43.1 Å². The standard InChI is InChI=1S/C21H21FN2O4S/c22-17-6-8-18(9-7-17)29(27,28)13-3-12-24-19(25)21(23-20(24)26)11-10-15-4-1-2-5-16(15)14-21/h1-2,4-9H,3,10-14H2,(H,23,26). The Kier molecular flexibility index (Phi) is 4.90. The minimum atomic E-state index is -3.61. The molecule has 2 aromatic rings. The lowest BCUT2D eigenvalue weighted by molar-refractivity contribution is -0.131. The number of nitrogens with one attached hydrogen (secondary N) is 1. The zero-order valence-electron chi connectivity index (χ0n) is 15.7. The zero-order valence-corrected chi connectivity index (χ0v) is 16.5. The number of benzene rings is 2. The summed E-state index contributed by atoms with van der Waals surface area (Å²) < 4.78 is 37.8.